The van der Waals surface area contributed by atoms with Gasteiger partial charge in [-0.05, 0) is 28.8 Å². The summed E-state index contributed by atoms with van der Waals surface area (Å²) in [7, 11) is 2.40. The van der Waals surface area contributed by atoms with Gasteiger partial charge in [-0.15, -0.1) is 11.3 Å². The Morgan fingerprint density at radius 3 is 1.98 bits per heavy atom. The van der Waals surface area contributed by atoms with Crippen LogP contribution >= 0.6 is 11.3 Å². The molecule has 0 saturated carbocycles. The first kappa shape index (κ1) is 34.7. The van der Waals surface area contributed by atoms with E-state index in [1.54, 1.807) is 52.0 Å². The number of rotatable bonds is 15. The molecule has 6 N–H and O–H groups in total. The summed E-state index contributed by atoms with van der Waals surface area (Å²) in [5.74, 6) is -2.80. The smallest absolute Gasteiger partial charge is 0.407 e. The molecule has 5 atom stereocenters. The first-order valence-electron chi connectivity index (χ1n) is 13.7. The number of carbonyl (C=O) groups is 4. The van der Waals surface area contributed by atoms with Crippen LogP contribution in [0.5, 0.6) is 0 Å². The summed E-state index contributed by atoms with van der Waals surface area (Å²) in [6, 6.07) is 9.74. The highest BCUT2D eigenvalue weighted by Crippen LogP contribution is 2.27. The molecule has 1 aromatic heterocycles. The average Bonchev–Trinajstić information content (AvgIpc) is 3.47. The zero-order chi connectivity index (χ0) is 31.4. The van der Waals surface area contributed by atoms with Crippen molar-refractivity contribution in [2.45, 2.75) is 58.5 Å². The van der Waals surface area contributed by atoms with Crippen molar-refractivity contribution in [1.29, 1.82) is 0 Å². The van der Waals surface area contributed by atoms with Crippen molar-refractivity contribution in [3.8, 4) is 0 Å². The van der Waals surface area contributed by atoms with Crippen LogP contribution in [0.4, 0.5) is 9.59 Å². The number of thiophene rings is 1. The highest BCUT2D eigenvalue weighted by atomic mass is 32.1. The molecule has 42 heavy (non-hydrogen) atoms. The summed E-state index contributed by atoms with van der Waals surface area (Å²) < 4.78 is 9.39. The van der Waals surface area contributed by atoms with E-state index in [-0.39, 0.29) is 24.9 Å². The van der Waals surface area contributed by atoms with E-state index >= 15 is 0 Å². The van der Waals surface area contributed by atoms with Gasteiger partial charge in [0.15, 0.2) is 5.78 Å². The Morgan fingerprint density at radius 2 is 1.48 bits per heavy atom. The van der Waals surface area contributed by atoms with Gasteiger partial charge in [-0.25, -0.2) is 14.6 Å². The molecule has 3 unspecified atom stereocenters. The normalized spacial score (nSPS) is 14.9. The molecule has 0 spiro atoms. The molecule has 2 aromatic rings. The van der Waals surface area contributed by atoms with Crippen LogP contribution in [-0.2, 0) is 25.6 Å². The van der Waals surface area contributed by atoms with Gasteiger partial charge in [-0.2, -0.15) is 0 Å². The standard InChI is InChI=1S/C29H43N5O7S/c1-17(2)24(31-28(38)40-5)26(36)22(23(30)19-11-8-7-9-12-19)21(35)16-34(15-20-13-10-14-42-20)33-27(37)25(18(3)4)32-29(39)41-6/h7-14,17-18,21-25,35H,15-16,30H2,1-6H3,(H,31,38)(H,32,39)(H,33,37)/t21?,22?,23?,24-,25-/m0/s1. The minimum Gasteiger partial charge on any atom is -0.453 e. The van der Waals surface area contributed by atoms with E-state index in [4.69, 9.17) is 10.5 Å². The number of hydrogen-bond acceptors (Lipinski definition) is 10. The van der Waals surface area contributed by atoms with E-state index in [9.17, 15) is 24.3 Å². The third-order valence-corrected chi connectivity index (χ3v) is 7.62. The minimum absolute atomic E-state index is 0.188. The summed E-state index contributed by atoms with van der Waals surface area (Å²) in [6.07, 6.45) is -2.92. The molecule has 2 rings (SSSR count). The number of ether oxygens (including phenoxy) is 2. The van der Waals surface area contributed by atoms with E-state index in [2.05, 4.69) is 20.8 Å². The molecule has 0 aliphatic carbocycles. The lowest BCUT2D eigenvalue weighted by molar-refractivity contribution is -0.133. The number of nitrogens with two attached hydrogens (primary N) is 1. The Labute approximate surface area is 250 Å². The second kappa shape index (κ2) is 16.8. The van der Waals surface area contributed by atoms with Crippen LogP contribution < -0.4 is 21.8 Å². The first-order chi connectivity index (χ1) is 19.9. The Morgan fingerprint density at radius 1 is 0.905 bits per heavy atom. The van der Waals surface area contributed by atoms with Crippen LogP contribution in [0.15, 0.2) is 47.8 Å². The molecule has 12 nitrogen and oxygen atoms in total. The molecule has 3 amide bonds. The predicted molar refractivity (Wildman–Crippen MR) is 159 cm³/mol. The summed E-state index contributed by atoms with van der Waals surface area (Å²) in [4.78, 5) is 52.2. The van der Waals surface area contributed by atoms with Gasteiger partial charge in [0.25, 0.3) is 5.91 Å². The van der Waals surface area contributed by atoms with Gasteiger partial charge in [-0.3, -0.25) is 15.0 Å². The number of methoxy groups -OCH3 is 2. The molecule has 0 aliphatic heterocycles. The summed E-state index contributed by atoms with van der Waals surface area (Å²) >= 11 is 1.45. The molecule has 0 bridgehead atoms. The SMILES string of the molecule is COC(=O)N[C@H](C(=O)NN(Cc1cccs1)CC(O)C(C(=O)[C@@H](NC(=O)OC)C(C)C)C(N)c1ccccc1)C(C)C. The number of benzene rings is 1. The van der Waals surface area contributed by atoms with Crippen LogP contribution in [0.1, 0.15) is 44.2 Å². The lowest BCUT2D eigenvalue weighted by atomic mass is 9.80. The number of hydrazine groups is 1. The monoisotopic (exact) mass is 605 g/mol. The zero-order valence-corrected chi connectivity index (χ0v) is 25.7. The number of aliphatic hydroxyl groups is 1. The Hall–Kier alpha value is -3.52. The van der Waals surface area contributed by atoms with Crippen molar-refractivity contribution >= 4 is 35.2 Å². The topological polar surface area (TPSA) is 172 Å². The van der Waals surface area contributed by atoms with Crippen LogP contribution in [0.3, 0.4) is 0 Å². The third kappa shape index (κ3) is 10.1. The van der Waals surface area contributed by atoms with Crippen LogP contribution in [0.25, 0.3) is 0 Å². The Bertz CT molecular complexity index is 1150. The molecule has 0 fully saturated rings. The number of Topliss-reactive ketones (excluding diaryl/α,β-unsaturated/α-hetero) is 1. The van der Waals surface area contributed by atoms with Crippen molar-refractivity contribution in [2.24, 2.45) is 23.5 Å². The highest BCUT2D eigenvalue weighted by Gasteiger charge is 2.40. The fraction of sp³-hybridized carbons (Fsp3) is 0.517. The van der Waals surface area contributed by atoms with Crippen LogP contribution in [-0.4, -0.2) is 72.9 Å². The van der Waals surface area contributed by atoms with E-state index in [0.29, 0.717) is 5.56 Å². The van der Waals surface area contributed by atoms with Crippen LogP contribution in [0.2, 0.25) is 0 Å². The molecule has 1 heterocycles. The summed E-state index contributed by atoms with van der Waals surface area (Å²) in [5, 5.41) is 20.1. The van der Waals surface area contributed by atoms with E-state index in [0.717, 1.165) is 4.88 Å². The molecular weight excluding hydrogens is 562 g/mol. The lowest BCUT2D eigenvalue weighted by Gasteiger charge is -2.35. The maximum atomic E-state index is 14.0. The minimum atomic E-state index is -1.38. The Balaban J connectivity index is 2.43. The number of nitrogens with zero attached hydrogens (tertiary/aromatic N) is 1. The van der Waals surface area contributed by atoms with E-state index in [1.807, 2.05) is 23.6 Å². The van der Waals surface area contributed by atoms with Crippen molar-refractivity contribution < 1.29 is 33.8 Å². The number of alkyl carbamates (subject to hydrolysis) is 2. The fourth-order valence-corrected chi connectivity index (χ4v) is 5.19. The molecular formula is C29H43N5O7S. The van der Waals surface area contributed by atoms with Crippen molar-refractivity contribution in [3.05, 3.63) is 58.3 Å². The molecule has 0 saturated heterocycles. The number of ketones is 1. The van der Waals surface area contributed by atoms with Crippen LogP contribution in [0, 0.1) is 17.8 Å². The van der Waals surface area contributed by atoms with Gasteiger partial charge >= 0.3 is 12.2 Å². The quantitative estimate of drug-likeness (QED) is 0.191. The van der Waals surface area contributed by atoms with Gasteiger partial charge < -0.3 is 30.9 Å². The summed E-state index contributed by atoms with van der Waals surface area (Å²) in [5.41, 5.74) is 10.0. The molecule has 13 heteroatoms. The second-order valence-corrected chi connectivity index (χ2v) is 11.6. The largest absolute Gasteiger partial charge is 0.453 e. The van der Waals surface area contributed by atoms with Crippen molar-refractivity contribution in [2.75, 3.05) is 20.8 Å². The zero-order valence-electron chi connectivity index (χ0n) is 24.9. The van der Waals surface area contributed by atoms with E-state index in [1.165, 1.54) is 30.6 Å². The maximum absolute atomic E-state index is 14.0. The van der Waals surface area contributed by atoms with Crippen molar-refractivity contribution in [3.63, 3.8) is 0 Å². The maximum Gasteiger partial charge on any atom is 0.407 e. The molecule has 1 aromatic carbocycles. The molecule has 0 aliphatic rings. The number of hydrogen-bond donors (Lipinski definition) is 5. The average molecular weight is 606 g/mol. The van der Waals surface area contributed by atoms with Gasteiger partial charge in [-0.1, -0.05) is 64.1 Å². The van der Waals surface area contributed by atoms with Gasteiger partial charge in [0.05, 0.1) is 38.8 Å². The fourth-order valence-electron chi connectivity index (χ4n) is 4.47. The number of amides is 3. The predicted octanol–water partition coefficient (Wildman–Crippen LogP) is 2.59. The number of nitrogens with one attached hydrogen (secondary N) is 3. The van der Waals surface area contributed by atoms with Gasteiger partial charge in [0.2, 0.25) is 0 Å². The van der Waals surface area contributed by atoms with Gasteiger partial charge in [0.1, 0.15) is 6.04 Å². The summed E-state index contributed by atoms with van der Waals surface area (Å²) in [6.45, 7) is 7.09. The second-order valence-electron chi connectivity index (χ2n) is 10.6. The van der Waals surface area contributed by atoms with E-state index < -0.39 is 54.0 Å². The Kier molecular flexibility index (Phi) is 13.9. The van der Waals surface area contributed by atoms with Gasteiger partial charge in [0, 0.05) is 17.5 Å². The highest BCUT2D eigenvalue weighted by molar-refractivity contribution is 7.09. The lowest BCUT2D eigenvalue weighted by Crippen LogP contribution is -2.57. The number of aliphatic hydroxyl groups excluding tert-OH is 1. The van der Waals surface area contributed by atoms with Crippen molar-refractivity contribution in [1.82, 2.24) is 21.1 Å². The first-order valence-corrected chi connectivity index (χ1v) is 14.6. The molecule has 232 valence electrons. The number of carbonyl (C=O) groups excluding carboxylic acids is 4. The third-order valence-electron chi connectivity index (χ3n) is 6.76. The molecule has 0 radical (unpaired) electrons.